The van der Waals surface area contributed by atoms with E-state index in [4.69, 9.17) is 5.73 Å². The lowest BCUT2D eigenvalue weighted by Gasteiger charge is -2.25. The Morgan fingerprint density at radius 1 is 1.40 bits per heavy atom. The van der Waals surface area contributed by atoms with E-state index in [1.807, 2.05) is 0 Å². The van der Waals surface area contributed by atoms with Crippen LogP contribution < -0.4 is 5.73 Å². The highest BCUT2D eigenvalue weighted by molar-refractivity contribution is 7.89. The van der Waals surface area contributed by atoms with Crippen LogP contribution in [-0.2, 0) is 10.0 Å². The van der Waals surface area contributed by atoms with Crippen molar-refractivity contribution in [1.29, 1.82) is 0 Å². The molecule has 0 saturated carbocycles. The van der Waals surface area contributed by atoms with Crippen LogP contribution in [0, 0.1) is 5.92 Å². The lowest BCUT2D eigenvalue weighted by molar-refractivity contribution is 0.366. The molecule has 1 aliphatic rings. The lowest BCUT2D eigenvalue weighted by atomic mass is 10.0. The third kappa shape index (κ3) is 3.16. The van der Waals surface area contributed by atoms with Gasteiger partial charge in [-0.3, -0.25) is 0 Å². The minimum absolute atomic E-state index is 0.325. The summed E-state index contributed by atoms with van der Waals surface area (Å²) < 4.78 is 25.6. The number of hydrogen-bond donors (Lipinski definition) is 1. The van der Waals surface area contributed by atoms with E-state index < -0.39 is 10.0 Å². The number of nitrogens with zero attached hydrogens (tertiary/aromatic N) is 1. The molecule has 2 N–H and O–H groups in total. The van der Waals surface area contributed by atoms with Crippen LogP contribution in [0.4, 0.5) is 0 Å². The predicted molar refractivity (Wildman–Crippen MR) is 62.0 cm³/mol. The van der Waals surface area contributed by atoms with E-state index in [9.17, 15) is 8.42 Å². The topological polar surface area (TPSA) is 63.4 Å². The van der Waals surface area contributed by atoms with Crippen molar-refractivity contribution in [3.8, 4) is 0 Å². The normalized spacial score (nSPS) is 25.5. The van der Waals surface area contributed by atoms with Crippen LogP contribution in [0.15, 0.2) is 0 Å². The fraction of sp³-hybridized carbons (Fsp3) is 1.00. The molecule has 1 fully saturated rings. The Balaban J connectivity index is 2.76. The van der Waals surface area contributed by atoms with E-state index in [-0.39, 0.29) is 5.25 Å². The van der Waals surface area contributed by atoms with E-state index in [2.05, 4.69) is 0 Å². The van der Waals surface area contributed by atoms with Gasteiger partial charge in [-0.2, -0.15) is 0 Å². The molecule has 0 aliphatic carbocycles. The lowest BCUT2D eigenvalue weighted by Crippen LogP contribution is -2.40. The maximum atomic E-state index is 12.0. The summed E-state index contributed by atoms with van der Waals surface area (Å²) >= 11 is 0. The SMILES string of the molecule is CC(C)S(=O)(=O)N1CCCCC(CN)C1. The second-order valence-electron chi connectivity index (χ2n) is 4.55. The minimum atomic E-state index is -3.09. The van der Waals surface area contributed by atoms with Crippen LogP contribution in [0.1, 0.15) is 33.1 Å². The smallest absolute Gasteiger partial charge is 0.216 e. The van der Waals surface area contributed by atoms with Gasteiger partial charge >= 0.3 is 0 Å². The molecular weight excluding hydrogens is 212 g/mol. The summed E-state index contributed by atoms with van der Waals surface area (Å²) in [6.07, 6.45) is 3.11. The summed E-state index contributed by atoms with van der Waals surface area (Å²) in [5.41, 5.74) is 5.63. The van der Waals surface area contributed by atoms with Crippen LogP contribution in [0.25, 0.3) is 0 Å². The van der Waals surface area contributed by atoms with E-state index in [1.54, 1.807) is 18.2 Å². The molecule has 1 heterocycles. The highest BCUT2D eigenvalue weighted by Crippen LogP contribution is 2.20. The fourth-order valence-electron chi connectivity index (χ4n) is 1.91. The molecule has 0 bridgehead atoms. The van der Waals surface area contributed by atoms with Crippen LogP contribution in [0.5, 0.6) is 0 Å². The van der Waals surface area contributed by atoms with Gasteiger partial charge in [-0.1, -0.05) is 6.42 Å². The molecule has 1 atom stereocenters. The van der Waals surface area contributed by atoms with Crippen molar-refractivity contribution < 1.29 is 8.42 Å². The van der Waals surface area contributed by atoms with Gasteiger partial charge in [0.25, 0.3) is 0 Å². The average Bonchev–Trinajstić information content (AvgIpc) is 2.42. The maximum Gasteiger partial charge on any atom is 0.216 e. The Bertz CT molecular complexity index is 288. The third-order valence-corrected chi connectivity index (χ3v) is 5.26. The number of rotatable bonds is 3. The Hall–Kier alpha value is -0.130. The van der Waals surface area contributed by atoms with Crippen molar-refractivity contribution in [2.45, 2.75) is 38.4 Å². The van der Waals surface area contributed by atoms with Crippen LogP contribution in [0.2, 0.25) is 0 Å². The van der Waals surface area contributed by atoms with Gasteiger partial charge in [0.1, 0.15) is 0 Å². The largest absolute Gasteiger partial charge is 0.330 e. The first-order chi connectivity index (χ1) is 6.98. The average molecular weight is 234 g/mol. The van der Waals surface area contributed by atoms with E-state index >= 15 is 0 Å². The van der Waals surface area contributed by atoms with Crippen molar-refractivity contribution in [2.75, 3.05) is 19.6 Å². The first kappa shape index (κ1) is 12.9. The van der Waals surface area contributed by atoms with Gasteiger partial charge in [-0.25, -0.2) is 12.7 Å². The Kier molecular flexibility index (Phi) is 4.55. The van der Waals surface area contributed by atoms with Gasteiger partial charge in [0.2, 0.25) is 10.0 Å². The van der Waals surface area contributed by atoms with Crippen molar-refractivity contribution in [3.05, 3.63) is 0 Å². The first-order valence-electron chi connectivity index (χ1n) is 5.67. The molecule has 0 aromatic carbocycles. The van der Waals surface area contributed by atoms with Crippen LogP contribution >= 0.6 is 0 Å². The zero-order valence-electron chi connectivity index (χ0n) is 9.65. The predicted octanol–water partition coefficient (Wildman–Crippen LogP) is 0.785. The van der Waals surface area contributed by atoms with Gasteiger partial charge < -0.3 is 5.73 Å². The quantitative estimate of drug-likeness (QED) is 0.785. The zero-order chi connectivity index (χ0) is 11.5. The van der Waals surface area contributed by atoms with Gasteiger partial charge in [-0.15, -0.1) is 0 Å². The highest BCUT2D eigenvalue weighted by atomic mass is 32.2. The Morgan fingerprint density at radius 3 is 2.60 bits per heavy atom. The highest BCUT2D eigenvalue weighted by Gasteiger charge is 2.28. The van der Waals surface area contributed by atoms with Gasteiger partial charge in [-0.05, 0) is 39.2 Å². The first-order valence-corrected chi connectivity index (χ1v) is 7.17. The molecule has 4 nitrogen and oxygen atoms in total. The summed E-state index contributed by atoms with van der Waals surface area (Å²) in [5.74, 6) is 0.334. The molecule has 5 heteroatoms. The summed E-state index contributed by atoms with van der Waals surface area (Å²) in [7, 11) is -3.09. The Labute approximate surface area is 92.9 Å². The second kappa shape index (κ2) is 5.27. The molecule has 1 saturated heterocycles. The summed E-state index contributed by atoms with van der Waals surface area (Å²) in [6.45, 7) is 5.33. The number of sulfonamides is 1. The Morgan fingerprint density at radius 2 is 2.07 bits per heavy atom. The second-order valence-corrected chi connectivity index (χ2v) is 7.04. The molecule has 1 unspecified atom stereocenters. The molecule has 90 valence electrons. The molecule has 15 heavy (non-hydrogen) atoms. The van der Waals surface area contributed by atoms with E-state index in [0.717, 1.165) is 19.3 Å². The summed E-state index contributed by atoms with van der Waals surface area (Å²) in [4.78, 5) is 0. The standard InChI is InChI=1S/C10H22N2O2S/c1-9(2)15(13,14)12-6-4-3-5-10(7-11)8-12/h9-10H,3-8,11H2,1-2H3. The van der Waals surface area contributed by atoms with E-state index in [0.29, 0.717) is 25.6 Å². The van der Waals surface area contributed by atoms with Crippen LogP contribution in [-0.4, -0.2) is 37.6 Å². The molecule has 0 spiro atoms. The van der Waals surface area contributed by atoms with Crippen LogP contribution in [0.3, 0.4) is 0 Å². The fourth-order valence-corrected chi connectivity index (χ4v) is 3.31. The minimum Gasteiger partial charge on any atom is -0.330 e. The van der Waals surface area contributed by atoms with Crippen molar-refractivity contribution in [3.63, 3.8) is 0 Å². The van der Waals surface area contributed by atoms with E-state index in [1.165, 1.54) is 0 Å². The van der Waals surface area contributed by atoms with Crippen molar-refractivity contribution in [2.24, 2.45) is 11.7 Å². The van der Waals surface area contributed by atoms with Gasteiger partial charge in [0, 0.05) is 13.1 Å². The van der Waals surface area contributed by atoms with Gasteiger partial charge in [0.15, 0.2) is 0 Å². The monoisotopic (exact) mass is 234 g/mol. The molecule has 1 rings (SSSR count). The van der Waals surface area contributed by atoms with Gasteiger partial charge in [0.05, 0.1) is 5.25 Å². The van der Waals surface area contributed by atoms with Crippen molar-refractivity contribution >= 4 is 10.0 Å². The molecule has 0 aromatic rings. The number of hydrogen-bond acceptors (Lipinski definition) is 3. The maximum absolute atomic E-state index is 12.0. The summed E-state index contributed by atoms with van der Waals surface area (Å²) in [5, 5.41) is -0.325. The molecular formula is C10H22N2O2S. The molecule has 0 aromatic heterocycles. The summed E-state index contributed by atoms with van der Waals surface area (Å²) in [6, 6.07) is 0. The molecule has 0 radical (unpaired) electrons. The molecule has 0 amide bonds. The number of nitrogens with two attached hydrogens (primary N) is 1. The third-order valence-electron chi connectivity index (χ3n) is 3.02. The van der Waals surface area contributed by atoms with Crippen molar-refractivity contribution in [1.82, 2.24) is 4.31 Å². The molecule has 1 aliphatic heterocycles. The zero-order valence-corrected chi connectivity index (χ0v) is 10.5.